The number of nitro benzene ring substituents is 1. The fourth-order valence-electron chi connectivity index (χ4n) is 10.4. The number of nitrogens with one attached hydrogen (secondary N) is 3. The zero-order chi connectivity index (χ0) is 40.1. The summed E-state index contributed by atoms with van der Waals surface area (Å²) in [6.07, 6.45) is 13.3. The van der Waals surface area contributed by atoms with Gasteiger partial charge >= 0.3 is 0 Å². The molecule has 2 aromatic carbocycles. The predicted molar refractivity (Wildman–Crippen MR) is 229 cm³/mol. The van der Waals surface area contributed by atoms with Crippen LogP contribution in [0.2, 0.25) is 0 Å². The molecular weight excluding hydrogens is 751 g/mol. The molecule has 0 atom stereocenters. The van der Waals surface area contributed by atoms with Crippen LogP contribution in [0.1, 0.15) is 82.5 Å². The Kier molecular flexibility index (Phi) is 10.4. The Balaban J connectivity index is 0.889. The molecular formula is C45H55N7O5S. The topological polar surface area (TPSA) is 138 Å². The first-order chi connectivity index (χ1) is 27.9. The van der Waals surface area contributed by atoms with Gasteiger partial charge in [-0.15, -0.1) is 0 Å². The van der Waals surface area contributed by atoms with E-state index < -0.39 is 0 Å². The molecule has 2 saturated heterocycles. The van der Waals surface area contributed by atoms with Crippen molar-refractivity contribution in [2.45, 2.75) is 77.0 Å². The van der Waals surface area contributed by atoms with Crippen LogP contribution in [0.15, 0.2) is 77.0 Å². The Hall–Kier alpha value is -4.59. The molecule has 5 fully saturated rings. The van der Waals surface area contributed by atoms with E-state index in [-0.39, 0.29) is 16.5 Å². The highest BCUT2D eigenvalue weighted by atomic mass is 32.2. The van der Waals surface area contributed by atoms with Crippen molar-refractivity contribution in [1.29, 1.82) is 0 Å². The summed E-state index contributed by atoms with van der Waals surface area (Å²) in [4.78, 5) is 38.7. The van der Waals surface area contributed by atoms with Gasteiger partial charge in [0.05, 0.1) is 16.7 Å². The monoisotopic (exact) mass is 805 g/mol. The standard InChI is InChI=1S/C45H55N7O5S/c1-43(2)12-8-32(37(23-43)45-27-44(3,28-45)29-45)26-50-14-16-51(17-15-50)33-4-6-36(40(21-33)57-34-20-31-9-13-46-41(31)48-25-34)42(53)49-58-35-5-7-38(39(22-35)52(54)55)47-24-30-10-18-56-19-11-30/h4-7,9,13,20-22,25,30,47H,8,10-12,14-19,23-24,26-29H2,1-3H3,(H,46,48)(H,49,53). The van der Waals surface area contributed by atoms with Crippen LogP contribution >= 0.6 is 11.9 Å². The molecule has 2 bridgehead atoms. The summed E-state index contributed by atoms with van der Waals surface area (Å²) in [6.45, 7) is 14.3. The third kappa shape index (κ3) is 8.05. The van der Waals surface area contributed by atoms with Crippen LogP contribution in [0.25, 0.3) is 11.0 Å². The number of rotatable bonds is 13. The van der Waals surface area contributed by atoms with Crippen molar-refractivity contribution in [2.24, 2.45) is 22.2 Å². The number of hydrogen-bond acceptors (Lipinski definition) is 10. The van der Waals surface area contributed by atoms with Crippen molar-refractivity contribution < 1.29 is 19.2 Å². The number of fused-ring (bicyclic) bond motifs is 1. The minimum Gasteiger partial charge on any atom is -0.455 e. The lowest BCUT2D eigenvalue weighted by Gasteiger charge is -2.72. The number of aromatic amines is 1. The summed E-state index contributed by atoms with van der Waals surface area (Å²) in [5, 5.41) is 16.2. The number of allylic oxidation sites excluding steroid dienone is 1. The van der Waals surface area contributed by atoms with E-state index in [2.05, 4.69) is 50.6 Å². The fraction of sp³-hybridized carbons (Fsp3) is 0.511. The van der Waals surface area contributed by atoms with Gasteiger partial charge in [-0.2, -0.15) is 0 Å². The van der Waals surface area contributed by atoms with Crippen LogP contribution in [0.5, 0.6) is 11.5 Å². The van der Waals surface area contributed by atoms with Gasteiger partial charge in [0, 0.05) is 86.8 Å². The molecule has 0 spiro atoms. The summed E-state index contributed by atoms with van der Waals surface area (Å²) >= 11 is 1.04. The van der Waals surface area contributed by atoms with E-state index in [1.54, 1.807) is 23.9 Å². The van der Waals surface area contributed by atoms with Crippen molar-refractivity contribution in [3.05, 3.63) is 87.7 Å². The van der Waals surface area contributed by atoms with E-state index >= 15 is 0 Å². The average Bonchev–Trinajstić information content (AvgIpc) is 3.67. The van der Waals surface area contributed by atoms with Crippen molar-refractivity contribution in [3.8, 4) is 11.5 Å². The van der Waals surface area contributed by atoms with Crippen molar-refractivity contribution in [1.82, 2.24) is 19.6 Å². The zero-order valence-corrected chi connectivity index (χ0v) is 34.7. The number of piperazine rings is 1. The molecule has 0 radical (unpaired) electrons. The number of ether oxygens (including phenoxy) is 2. The smallest absolute Gasteiger partial charge is 0.293 e. The molecule has 4 aromatic rings. The Morgan fingerprint density at radius 3 is 2.60 bits per heavy atom. The predicted octanol–water partition coefficient (Wildman–Crippen LogP) is 9.36. The minimum absolute atomic E-state index is 0.0312. The Labute approximate surface area is 344 Å². The minimum atomic E-state index is -0.388. The molecule has 3 N–H and O–H groups in total. The molecule has 2 aliphatic heterocycles. The van der Waals surface area contributed by atoms with E-state index in [0.717, 1.165) is 74.2 Å². The van der Waals surface area contributed by atoms with Crippen molar-refractivity contribution in [2.75, 3.05) is 62.7 Å². The lowest BCUT2D eigenvalue weighted by atomic mass is 9.33. The van der Waals surface area contributed by atoms with Gasteiger partial charge in [0.25, 0.3) is 11.6 Å². The van der Waals surface area contributed by atoms with Crippen LogP contribution in [0, 0.1) is 32.3 Å². The highest BCUT2D eigenvalue weighted by Gasteiger charge is 2.66. The summed E-state index contributed by atoms with van der Waals surface area (Å²) in [6, 6.07) is 14.6. The molecule has 2 aromatic heterocycles. The SMILES string of the molecule is CC1(C)CCC(CN2CCN(c3ccc(C(=O)NSc4ccc(NCC5CCOCC5)c([N+](=O)[O-])c4)c(Oc4cnc5[nH]ccc5c4)c3)CC2)=C(C23CC(C)(C2)C3)C1. The van der Waals surface area contributed by atoms with Crippen LogP contribution in [-0.2, 0) is 4.74 Å². The van der Waals surface area contributed by atoms with E-state index in [4.69, 9.17) is 9.47 Å². The molecule has 6 aliphatic rings. The van der Waals surface area contributed by atoms with Gasteiger partial charge in [-0.1, -0.05) is 31.9 Å². The molecule has 13 heteroatoms. The molecule has 306 valence electrons. The van der Waals surface area contributed by atoms with E-state index in [9.17, 15) is 14.9 Å². The summed E-state index contributed by atoms with van der Waals surface area (Å²) in [5.74, 6) is 0.979. The number of carbonyl (C=O) groups is 1. The summed E-state index contributed by atoms with van der Waals surface area (Å²) in [7, 11) is 0. The van der Waals surface area contributed by atoms with Gasteiger partial charge in [0.2, 0.25) is 0 Å². The lowest BCUT2D eigenvalue weighted by Crippen LogP contribution is -2.61. The molecule has 3 saturated carbocycles. The Bertz CT molecular complexity index is 2220. The van der Waals surface area contributed by atoms with Crippen LogP contribution < -0.4 is 19.7 Å². The van der Waals surface area contributed by atoms with Crippen molar-refractivity contribution in [3.63, 3.8) is 0 Å². The number of benzene rings is 2. The number of nitro groups is 1. The summed E-state index contributed by atoms with van der Waals surface area (Å²) in [5.41, 5.74) is 7.57. The second-order valence-corrected chi connectivity index (χ2v) is 19.5. The first-order valence-corrected chi connectivity index (χ1v) is 21.8. The number of pyridine rings is 1. The lowest BCUT2D eigenvalue weighted by molar-refractivity contribution is -0.384. The normalized spacial score (nSPS) is 24.6. The van der Waals surface area contributed by atoms with Gasteiger partial charge in [-0.3, -0.25) is 24.5 Å². The molecule has 1 amide bonds. The van der Waals surface area contributed by atoms with Crippen molar-refractivity contribution >= 4 is 46.0 Å². The fourth-order valence-corrected chi connectivity index (χ4v) is 11.1. The number of aromatic nitrogens is 2. The van der Waals surface area contributed by atoms with Crippen LogP contribution in [0.4, 0.5) is 17.1 Å². The zero-order valence-electron chi connectivity index (χ0n) is 33.9. The number of nitrogens with zero attached hydrogens (tertiary/aromatic N) is 4. The molecule has 58 heavy (non-hydrogen) atoms. The number of anilines is 2. The number of carbonyl (C=O) groups excluding carboxylic acids is 1. The Morgan fingerprint density at radius 2 is 1.84 bits per heavy atom. The van der Waals surface area contributed by atoms with Gasteiger partial charge in [-0.25, -0.2) is 4.98 Å². The largest absolute Gasteiger partial charge is 0.455 e. The highest BCUT2D eigenvalue weighted by Crippen LogP contribution is 2.77. The second-order valence-electron chi connectivity index (χ2n) is 18.6. The van der Waals surface area contributed by atoms with Gasteiger partial charge in [0.1, 0.15) is 22.8 Å². The first kappa shape index (κ1) is 38.9. The number of amides is 1. The van der Waals surface area contributed by atoms with E-state index in [0.29, 0.717) is 69.6 Å². The third-order valence-corrected chi connectivity index (χ3v) is 14.2. The second kappa shape index (κ2) is 15.5. The molecule has 10 rings (SSSR count). The van der Waals surface area contributed by atoms with E-state index in [1.165, 1.54) is 44.6 Å². The third-order valence-electron chi connectivity index (χ3n) is 13.4. The quantitative estimate of drug-likeness (QED) is 0.0519. The maximum absolute atomic E-state index is 13.9. The van der Waals surface area contributed by atoms with E-state index in [1.807, 2.05) is 42.1 Å². The molecule has 4 aliphatic carbocycles. The maximum Gasteiger partial charge on any atom is 0.293 e. The maximum atomic E-state index is 13.9. The Morgan fingerprint density at radius 1 is 1.05 bits per heavy atom. The molecule has 4 heterocycles. The number of hydrogen-bond donors (Lipinski definition) is 3. The molecule has 0 unspecified atom stereocenters. The van der Waals surface area contributed by atoms with Crippen LogP contribution in [-0.4, -0.2) is 78.2 Å². The molecule has 12 nitrogen and oxygen atoms in total. The summed E-state index contributed by atoms with van der Waals surface area (Å²) < 4.78 is 14.8. The first-order valence-electron chi connectivity index (χ1n) is 20.9. The van der Waals surface area contributed by atoms with Gasteiger partial charge < -0.3 is 24.7 Å². The average molecular weight is 806 g/mol. The van der Waals surface area contributed by atoms with Gasteiger partial charge in [-0.05, 0) is 122 Å². The highest BCUT2D eigenvalue weighted by molar-refractivity contribution is 7.98. The van der Waals surface area contributed by atoms with Gasteiger partial charge in [0.15, 0.2) is 0 Å². The number of H-pyrrole nitrogens is 1. The van der Waals surface area contributed by atoms with Crippen LogP contribution in [0.3, 0.4) is 0 Å².